The van der Waals surface area contributed by atoms with Crippen LogP contribution in [0.1, 0.15) is 60.5 Å². The van der Waals surface area contributed by atoms with E-state index >= 15 is 0 Å². The number of carbonyl (C=O) groups is 3. The van der Waals surface area contributed by atoms with Crippen molar-refractivity contribution in [1.29, 1.82) is 0 Å². The lowest BCUT2D eigenvalue weighted by Gasteiger charge is -2.37. The maximum absolute atomic E-state index is 14.0. The quantitative estimate of drug-likeness (QED) is 0.478. The molecule has 7 nitrogen and oxygen atoms in total. The van der Waals surface area contributed by atoms with Crippen molar-refractivity contribution < 1.29 is 23.9 Å². The van der Waals surface area contributed by atoms with Crippen LogP contribution in [0, 0.1) is 25.6 Å². The molecule has 0 saturated heterocycles. The minimum atomic E-state index is -1.47. The molecule has 0 unspecified atom stereocenters. The van der Waals surface area contributed by atoms with Gasteiger partial charge in [-0.1, -0.05) is 37.5 Å². The molecular formula is C25H30FN3O4. The molecule has 1 atom stereocenters. The number of urea groups is 1. The number of aliphatic carboxylic acids is 1. The molecular weight excluding hydrogens is 425 g/mol. The third-order valence-corrected chi connectivity index (χ3v) is 6.43. The monoisotopic (exact) mass is 455 g/mol. The molecule has 2 aromatic carbocycles. The SMILES string of the molecule is Cc1cccc(C)c1NC(=O)Nc1cc(F)ccc1C(=O)N[C@](C)(C(=O)O)C1CCCCC1. The van der Waals surface area contributed by atoms with Crippen LogP contribution in [0.3, 0.4) is 0 Å². The van der Waals surface area contributed by atoms with Crippen LogP contribution in [0.5, 0.6) is 0 Å². The number of carboxylic acids is 1. The fraction of sp³-hybridized carbons (Fsp3) is 0.400. The number of halogens is 1. The summed E-state index contributed by atoms with van der Waals surface area (Å²) in [5.74, 6) is -2.65. The van der Waals surface area contributed by atoms with Gasteiger partial charge in [0.1, 0.15) is 11.4 Å². The molecule has 0 aliphatic heterocycles. The average molecular weight is 456 g/mol. The summed E-state index contributed by atoms with van der Waals surface area (Å²) in [6.45, 7) is 5.21. The minimum Gasteiger partial charge on any atom is -0.480 e. The molecule has 1 aliphatic carbocycles. The highest BCUT2D eigenvalue weighted by atomic mass is 19.1. The number of hydrogen-bond donors (Lipinski definition) is 4. The number of amides is 3. The lowest BCUT2D eigenvalue weighted by Crippen LogP contribution is -2.57. The van der Waals surface area contributed by atoms with E-state index < -0.39 is 29.3 Å². The van der Waals surface area contributed by atoms with Gasteiger partial charge in [-0.05, 0) is 68.9 Å². The van der Waals surface area contributed by atoms with E-state index in [0.717, 1.165) is 42.5 Å². The van der Waals surface area contributed by atoms with E-state index in [1.54, 1.807) is 0 Å². The summed E-state index contributed by atoms with van der Waals surface area (Å²) in [5.41, 5.74) is 0.792. The Kier molecular flexibility index (Phi) is 7.36. The van der Waals surface area contributed by atoms with Gasteiger partial charge in [0.15, 0.2) is 0 Å². The van der Waals surface area contributed by atoms with Gasteiger partial charge in [0.25, 0.3) is 5.91 Å². The third kappa shape index (κ3) is 5.50. The van der Waals surface area contributed by atoms with Crippen molar-refractivity contribution >= 4 is 29.3 Å². The number of hydrogen-bond acceptors (Lipinski definition) is 3. The lowest BCUT2D eigenvalue weighted by molar-refractivity contribution is -0.146. The summed E-state index contributed by atoms with van der Waals surface area (Å²) in [5, 5.41) is 17.8. The summed E-state index contributed by atoms with van der Waals surface area (Å²) in [4.78, 5) is 37.9. The Morgan fingerprint density at radius 3 is 2.24 bits per heavy atom. The lowest BCUT2D eigenvalue weighted by atomic mass is 9.75. The molecule has 1 aliphatic rings. The number of carboxylic acid groups (broad SMARTS) is 1. The molecule has 0 bridgehead atoms. The second kappa shape index (κ2) is 10.0. The van der Waals surface area contributed by atoms with Crippen molar-refractivity contribution in [2.24, 2.45) is 5.92 Å². The van der Waals surface area contributed by atoms with Crippen LogP contribution in [0.25, 0.3) is 0 Å². The van der Waals surface area contributed by atoms with Crippen LogP contribution in [0.4, 0.5) is 20.6 Å². The van der Waals surface area contributed by atoms with Crippen molar-refractivity contribution in [3.05, 3.63) is 58.9 Å². The molecule has 3 amide bonds. The van der Waals surface area contributed by atoms with Gasteiger partial charge in [0.05, 0.1) is 11.3 Å². The van der Waals surface area contributed by atoms with Crippen molar-refractivity contribution in [2.75, 3.05) is 10.6 Å². The van der Waals surface area contributed by atoms with Crippen LogP contribution in [-0.2, 0) is 4.79 Å². The first-order chi connectivity index (χ1) is 15.6. The Bertz CT molecular complexity index is 1050. The first kappa shape index (κ1) is 24.2. The maximum Gasteiger partial charge on any atom is 0.329 e. The van der Waals surface area contributed by atoms with Crippen LogP contribution >= 0.6 is 0 Å². The first-order valence-corrected chi connectivity index (χ1v) is 11.1. The molecule has 0 radical (unpaired) electrons. The number of rotatable bonds is 6. The van der Waals surface area contributed by atoms with E-state index in [0.29, 0.717) is 18.5 Å². The summed E-state index contributed by atoms with van der Waals surface area (Å²) in [6.07, 6.45) is 4.27. The highest BCUT2D eigenvalue weighted by Crippen LogP contribution is 2.33. The zero-order chi connectivity index (χ0) is 24.2. The Morgan fingerprint density at radius 2 is 1.64 bits per heavy atom. The third-order valence-electron chi connectivity index (χ3n) is 6.43. The molecule has 176 valence electrons. The molecule has 4 N–H and O–H groups in total. The molecule has 0 spiro atoms. The van der Waals surface area contributed by atoms with Gasteiger partial charge in [-0.25, -0.2) is 14.0 Å². The predicted molar refractivity (Wildman–Crippen MR) is 125 cm³/mol. The number of anilines is 2. The van der Waals surface area contributed by atoms with E-state index in [2.05, 4.69) is 16.0 Å². The second-order valence-electron chi connectivity index (χ2n) is 8.83. The van der Waals surface area contributed by atoms with E-state index in [1.165, 1.54) is 13.0 Å². The Labute approximate surface area is 192 Å². The fourth-order valence-corrected chi connectivity index (χ4v) is 4.41. The number of nitrogens with one attached hydrogen (secondary N) is 3. The van der Waals surface area contributed by atoms with E-state index in [1.807, 2.05) is 32.0 Å². The zero-order valence-corrected chi connectivity index (χ0v) is 19.1. The van der Waals surface area contributed by atoms with Crippen LogP contribution < -0.4 is 16.0 Å². The van der Waals surface area contributed by atoms with Crippen molar-refractivity contribution in [1.82, 2.24) is 5.32 Å². The summed E-state index contributed by atoms with van der Waals surface area (Å²) < 4.78 is 14.0. The molecule has 8 heteroatoms. The number of aryl methyl sites for hydroxylation is 2. The Morgan fingerprint density at radius 1 is 1.00 bits per heavy atom. The van der Waals surface area contributed by atoms with Crippen LogP contribution in [0.15, 0.2) is 36.4 Å². The Hall–Kier alpha value is -3.42. The fourth-order valence-electron chi connectivity index (χ4n) is 4.41. The van der Waals surface area contributed by atoms with Crippen LogP contribution in [-0.4, -0.2) is 28.6 Å². The van der Waals surface area contributed by atoms with Gasteiger partial charge in [-0.15, -0.1) is 0 Å². The summed E-state index contributed by atoms with van der Waals surface area (Å²) in [6, 6.07) is 8.31. The molecule has 1 fully saturated rings. The Balaban J connectivity index is 1.83. The van der Waals surface area contributed by atoms with E-state index in [9.17, 15) is 23.9 Å². The molecule has 2 aromatic rings. The molecule has 1 saturated carbocycles. The maximum atomic E-state index is 14.0. The number of benzene rings is 2. The van der Waals surface area contributed by atoms with Gasteiger partial charge in [0, 0.05) is 5.69 Å². The highest BCUT2D eigenvalue weighted by molar-refractivity contribution is 6.07. The largest absolute Gasteiger partial charge is 0.480 e. The second-order valence-corrected chi connectivity index (χ2v) is 8.83. The minimum absolute atomic E-state index is 0.0173. The average Bonchev–Trinajstić information content (AvgIpc) is 2.76. The number of para-hydroxylation sites is 1. The highest BCUT2D eigenvalue weighted by Gasteiger charge is 2.43. The normalized spacial score (nSPS) is 15.9. The van der Waals surface area contributed by atoms with Gasteiger partial charge in [-0.3, -0.25) is 4.79 Å². The first-order valence-electron chi connectivity index (χ1n) is 11.1. The van der Waals surface area contributed by atoms with Gasteiger partial charge in [-0.2, -0.15) is 0 Å². The predicted octanol–water partition coefficient (Wildman–Crippen LogP) is 5.24. The standard InChI is InChI=1S/C25H30FN3O4/c1-15-8-7-9-16(2)21(15)28-24(33)27-20-14-18(26)12-13-19(20)22(30)29-25(3,23(31)32)17-10-5-4-6-11-17/h7-9,12-14,17H,4-6,10-11H2,1-3H3,(H,29,30)(H,31,32)(H2,27,28,33)/t25-/m0/s1. The molecule has 3 rings (SSSR count). The van der Waals surface area contributed by atoms with Crippen molar-refractivity contribution in [3.8, 4) is 0 Å². The van der Waals surface area contributed by atoms with Gasteiger partial charge < -0.3 is 21.1 Å². The van der Waals surface area contributed by atoms with E-state index in [4.69, 9.17) is 0 Å². The van der Waals surface area contributed by atoms with Crippen LogP contribution in [0.2, 0.25) is 0 Å². The topological polar surface area (TPSA) is 108 Å². The molecule has 33 heavy (non-hydrogen) atoms. The molecule has 0 heterocycles. The summed E-state index contributed by atoms with van der Waals surface area (Å²) >= 11 is 0. The smallest absolute Gasteiger partial charge is 0.329 e. The summed E-state index contributed by atoms with van der Waals surface area (Å²) in [7, 11) is 0. The zero-order valence-electron chi connectivity index (χ0n) is 19.1. The van der Waals surface area contributed by atoms with Crippen molar-refractivity contribution in [2.45, 2.75) is 58.4 Å². The molecule has 0 aromatic heterocycles. The van der Waals surface area contributed by atoms with Gasteiger partial charge >= 0.3 is 12.0 Å². The van der Waals surface area contributed by atoms with Gasteiger partial charge in [0.2, 0.25) is 0 Å². The van der Waals surface area contributed by atoms with Crippen molar-refractivity contribution in [3.63, 3.8) is 0 Å². The number of carbonyl (C=O) groups excluding carboxylic acids is 2. The van der Waals surface area contributed by atoms with E-state index in [-0.39, 0.29) is 17.2 Å².